The number of carbonyl (C=O) groups is 4. The summed E-state index contributed by atoms with van der Waals surface area (Å²) in [5.74, 6) is -1.51. The zero-order valence-corrected chi connectivity index (χ0v) is 20.1. The van der Waals surface area contributed by atoms with Gasteiger partial charge in [-0.15, -0.1) is 0 Å². The van der Waals surface area contributed by atoms with Gasteiger partial charge in [0.15, 0.2) is 5.78 Å². The van der Waals surface area contributed by atoms with Crippen LogP contribution in [0.3, 0.4) is 0 Å². The Labute approximate surface area is 205 Å². The highest BCUT2D eigenvalue weighted by Crippen LogP contribution is 2.27. The van der Waals surface area contributed by atoms with Gasteiger partial charge < -0.3 is 15.3 Å². The maximum absolute atomic E-state index is 13.2. The highest BCUT2D eigenvalue weighted by Gasteiger charge is 2.23. The molecule has 0 saturated heterocycles. The average Bonchev–Trinajstić information content (AvgIpc) is 3.18. The number of hydrogen-bond acceptors (Lipinski definition) is 6. The Morgan fingerprint density at radius 2 is 1.54 bits per heavy atom. The minimum absolute atomic E-state index is 0.125. The van der Waals surface area contributed by atoms with Crippen LogP contribution in [-0.4, -0.2) is 59.7 Å². The molecule has 0 spiro atoms. The Kier molecular flexibility index (Phi) is 8.78. The van der Waals surface area contributed by atoms with Gasteiger partial charge in [-0.25, -0.2) is 0 Å². The second-order valence-corrected chi connectivity index (χ2v) is 8.23. The van der Waals surface area contributed by atoms with Crippen LogP contribution in [0, 0.1) is 0 Å². The van der Waals surface area contributed by atoms with Gasteiger partial charge in [0.25, 0.3) is 17.7 Å². The molecule has 2 aromatic rings. The summed E-state index contributed by atoms with van der Waals surface area (Å²) in [5, 5.41) is 13.4. The normalized spacial score (nSPS) is 12.8. The second kappa shape index (κ2) is 12.0. The van der Waals surface area contributed by atoms with Crippen molar-refractivity contribution in [2.24, 2.45) is 0 Å². The molecule has 0 radical (unpaired) electrons. The third-order valence-corrected chi connectivity index (χ3v) is 6.02. The van der Waals surface area contributed by atoms with Crippen molar-refractivity contribution in [3.63, 3.8) is 0 Å². The summed E-state index contributed by atoms with van der Waals surface area (Å²) >= 11 is 0. The molecule has 8 nitrogen and oxygen atoms in total. The van der Waals surface area contributed by atoms with Crippen LogP contribution in [0.15, 0.2) is 54.6 Å². The van der Waals surface area contributed by atoms with E-state index in [1.165, 1.54) is 17.1 Å². The molecule has 0 unspecified atom stereocenters. The summed E-state index contributed by atoms with van der Waals surface area (Å²) in [5.41, 5.74) is 1.42. The molecule has 1 aliphatic heterocycles. The van der Waals surface area contributed by atoms with Crippen LogP contribution in [-0.2, 0) is 9.59 Å². The third-order valence-electron chi connectivity index (χ3n) is 6.02. The highest BCUT2D eigenvalue weighted by atomic mass is 16.3. The Hall–Kier alpha value is -3.94. The average molecular weight is 478 g/mol. The van der Waals surface area contributed by atoms with Crippen molar-refractivity contribution in [1.29, 1.82) is 0 Å². The van der Waals surface area contributed by atoms with Gasteiger partial charge in [0.05, 0.1) is 11.1 Å². The second-order valence-electron chi connectivity index (χ2n) is 8.23. The van der Waals surface area contributed by atoms with E-state index in [0.29, 0.717) is 25.9 Å². The van der Waals surface area contributed by atoms with E-state index in [2.05, 4.69) is 10.2 Å². The number of anilines is 1. The van der Waals surface area contributed by atoms with Gasteiger partial charge in [0, 0.05) is 55.6 Å². The van der Waals surface area contributed by atoms with Gasteiger partial charge in [-0.1, -0.05) is 18.2 Å². The summed E-state index contributed by atoms with van der Waals surface area (Å²) < 4.78 is 0. The molecule has 184 valence electrons. The first-order chi connectivity index (χ1) is 16.9. The zero-order chi connectivity index (χ0) is 25.4. The SMILES string of the molecule is CCN(CC)c1ccc(C(=O)c2ccccc2C(=O)NCCCCCN2C(=O)C=CC2=O)c(O)c1. The molecule has 1 heterocycles. The fourth-order valence-electron chi connectivity index (χ4n) is 4.04. The van der Waals surface area contributed by atoms with E-state index in [-0.39, 0.29) is 40.2 Å². The number of nitrogens with one attached hydrogen (secondary N) is 1. The number of phenolic OH excluding ortho intramolecular Hbond substituents is 1. The monoisotopic (exact) mass is 477 g/mol. The van der Waals surface area contributed by atoms with Crippen molar-refractivity contribution < 1.29 is 24.3 Å². The zero-order valence-electron chi connectivity index (χ0n) is 20.1. The molecule has 0 aromatic heterocycles. The molecule has 0 bridgehead atoms. The van der Waals surface area contributed by atoms with Crippen LogP contribution in [0.4, 0.5) is 5.69 Å². The molecule has 2 aromatic carbocycles. The fraction of sp³-hybridized carbons (Fsp3) is 0.333. The van der Waals surface area contributed by atoms with Crippen molar-refractivity contribution in [3.8, 4) is 5.75 Å². The van der Waals surface area contributed by atoms with Gasteiger partial charge in [-0.2, -0.15) is 0 Å². The van der Waals surface area contributed by atoms with Gasteiger partial charge >= 0.3 is 0 Å². The number of carbonyl (C=O) groups excluding carboxylic acids is 4. The van der Waals surface area contributed by atoms with Crippen LogP contribution in [0.5, 0.6) is 5.75 Å². The topological polar surface area (TPSA) is 107 Å². The van der Waals surface area contributed by atoms with Crippen LogP contribution in [0.1, 0.15) is 59.4 Å². The first-order valence-electron chi connectivity index (χ1n) is 11.9. The molecule has 0 saturated carbocycles. The van der Waals surface area contributed by atoms with E-state index < -0.39 is 5.78 Å². The fourth-order valence-corrected chi connectivity index (χ4v) is 4.04. The number of hydrogen-bond donors (Lipinski definition) is 2. The van der Waals surface area contributed by atoms with E-state index in [4.69, 9.17) is 0 Å². The van der Waals surface area contributed by atoms with Gasteiger partial charge in [0.2, 0.25) is 0 Å². The van der Waals surface area contributed by atoms with E-state index in [1.54, 1.807) is 42.5 Å². The summed E-state index contributed by atoms with van der Waals surface area (Å²) in [4.78, 5) is 52.3. The number of ketones is 1. The molecule has 35 heavy (non-hydrogen) atoms. The molecule has 0 atom stereocenters. The van der Waals surface area contributed by atoms with Crippen molar-refractivity contribution in [2.75, 3.05) is 31.1 Å². The molecule has 8 heteroatoms. The number of phenols is 1. The maximum Gasteiger partial charge on any atom is 0.253 e. The van der Waals surface area contributed by atoms with Crippen LogP contribution in [0.2, 0.25) is 0 Å². The van der Waals surface area contributed by atoms with E-state index >= 15 is 0 Å². The molecule has 1 aliphatic rings. The number of benzene rings is 2. The predicted octanol–water partition coefficient (Wildman–Crippen LogP) is 3.29. The molecule has 3 amide bonds. The number of unbranched alkanes of at least 4 members (excludes halogenated alkanes) is 2. The quantitative estimate of drug-likeness (QED) is 0.276. The highest BCUT2D eigenvalue weighted by molar-refractivity contribution is 6.16. The molecule has 2 N–H and O–H groups in total. The van der Waals surface area contributed by atoms with Crippen molar-refractivity contribution in [1.82, 2.24) is 10.2 Å². The van der Waals surface area contributed by atoms with Crippen molar-refractivity contribution >= 4 is 29.2 Å². The molecule has 0 fully saturated rings. The first-order valence-corrected chi connectivity index (χ1v) is 11.9. The molecular formula is C27H31N3O5. The van der Waals surface area contributed by atoms with Crippen LogP contribution < -0.4 is 10.2 Å². The van der Waals surface area contributed by atoms with E-state index in [1.807, 2.05) is 13.8 Å². The largest absolute Gasteiger partial charge is 0.507 e. The lowest BCUT2D eigenvalue weighted by Gasteiger charge is -2.21. The van der Waals surface area contributed by atoms with Crippen molar-refractivity contribution in [2.45, 2.75) is 33.1 Å². The Morgan fingerprint density at radius 3 is 2.17 bits per heavy atom. The number of imide groups is 1. The lowest BCUT2D eigenvalue weighted by Crippen LogP contribution is -2.31. The minimum Gasteiger partial charge on any atom is -0.507 e. The van der Waals surface area contributed by atoms with Gasteiger partial charge in [0.1, 0.15) is 5.75 Å². The Balaban J connectivity index is 1.58. The summed E-state index contributed by atoms with van der Waals surface area (Å²) in [7, 11) is 0. The lowest BCUT2D eigenvalue weighted by atomic mass is 9.97. The summed E-state index contributed by atoms with van der Waals surface area (Å²) in [6.45, 7) is 6.33. The smallest absolute Gasteiger partial charge is 0.253 e. The van der Waals surface area contributed by atoms with Gasteiger partial charge in [-0.05, 0) is 51.3 Å². The summed E-state index contributed by atoms with van der Waals surface area (Å²) in [6, 6.07) is 11.5. The molecule has 3 rings (SSSR count). The maximum atomic E-state index is 13.2. The molecule has 0 aliphatic carbocycles. The Morgan fingerprint density at radius 1 is 0.886 bits per heavy atom. The van der Waals surface area contributed by atoms with Crippen LogP contribution in [0.25, 0.3) is 0 Å². The predicted molar refractivity (Wildman–Crippen MR) is 134 cm³/mol. The third kappa shape index (κ3) is 6.15. The Bertz CT molecular complexity index is 1120. The minimum atomic E-state index is -0.423. The van der Waals surface area contributed by atoms with Crippen LogP contribution >= 0.6 is 0 Å². The number of amides is 3. The lowest BCUT2D eigenvalue weighted by molar-refractivity contribution is -0.136. The van der Waals surface area contributed by atoms with Gasteiger partial charge in [-0.3, -0.25) is 24.1 Å². The van der Waals surface area contributed by atoms with E-state index in [9.17, 15) is 24.3 Å². The first kappa shape index (κ1) is 25.7. The molecular weight excluding hydrogens is 446 g/mol. The van der Waals surface area contributed by atoms with Crippen molar-refractivity contribution in [3.05, 3.63) is 71.3 Å². The van der Waals surface area contributed by atoms with E-state index in [0.717, 1.165) is 25.2 Å². The number of aromatic hydroxyl groups is 1. The number of rotatable bonds is 12. The number of nitrogens with zero attached hydrogens (tertiary/aromatic N) is 2. The standard InChI is InChI=1S/C27H31N3O5/c1-3-29(4-2)19-12-13-22(23(31)18-19)26(34)20-10-6-7-11-21(20)27(35)28-16-8-5-9-17-30-24(32)14-15-25(30)33/h6-7,10-15,18,31H,3-5,8-9,16-17H2,1-2H3,(H,28,35). The summed E-state index contributed by atoms with van der Waals surface area (Å²) in [6.07, 6.45) is 4.57.